The number of nitrogens with one attached hydrogen (secondary N) is 2. The number of aryl methyl sites for hydroxylation is 1. The van der Waals surface area contributed by atoms with Crippen LogP contribution >= 0.6 is 0 Å². The van der Waals surface area contributed by atoms with Crippen molar-refractivity contribution in [1.82, 2.24) is 9.13 Å². The fourth-order valence-electron chi connectivity index (χ4n) is 4.05. The van der Waals surface area contributed by atoms with Crippen molar-refractivity contribution >= 4 is 11.0 Å². The normalized spacial score (nSPS) is 15.5. The Kier molecular flexibility index (Phi) is 8.15. The molecule has 2 heterocycles. The number of imidazole rings is 1. The highest BCUT2D eigenvalue weighted by Crippen LogP contribution is 2.17. The van der Waals surface area contributed by atoms with Gasteiger partial charge in [0, 0.05) is 0 Å². The molecule has 0 radical (unpaired) electrons. The third-order valence-electron chi connectivity index (χ3n) is 5.78. The third kappa shape index (κ3) is 5.49. The van der Waals surface area contributed by atoms with Crippen LogP contribution in [0, 0.1) is 12.3 Å². The molecule has 1 aliphatic rings. The van der Waals surface area contributed by atoms with Crippen LogP contribution in [0.15, 0.2) is 48.5 Å². The molecule has 1 aliphatic heterocycles. The van der Waals surface area contributed by atoms with Crippen LogP contribution in [-0.4, -0.2) is 59.8 Å². The van der Waals surface area contributed by atoms with Gasteiger partial charge < -0.3 is 41.0 Å². The molecule has 0 spiro atoms. The van der Waals surface area contributed by atoms with Crippen LogP contribution in [0.1, 0.15) is 5.56 Å². The molecule has 1 atom stereocenters. The first-order chi connectivity index (χ1) is 14.6. The summed E-state index contributed by atoms with van der Waals surface area (Å²) in [6, 6.07) is 15.8. The van der Waals surface area contributed by atoms with Gasteiger partial charge in [-0.15, -0.1) is 0 Å². The van der Waals surface area contributed by atoms with Gasteiger partial charge in [0.25, 0.3) is 0 Å². The van der Waals surface area contributed by atoms with Crippen molar-refractivity contribution in [2.24, 2.45) is 0 Å². The number of aromatic nitrogens is 2. The summed E-state index contributed by atoms with van der Waals surface area (Å²) < 4.78 is 15.2. The topological polar surface area (TPSA) is 76.8 Å². The summed E-state index contributed by atoms with van der Waals surface area (Å²) >= 11 is 0. The summed E-state index contributed by atoms with van der Waals surface area (Å²) in [6.45, 7) is 7.89. The van der Waals surface area contributed by atoms with Gasteiger partial charge in [0.1, 0.15) is 31.5 Å². The molecule has 0 aliphatic carbocycles. The minimum atomic E-state index is -0.706. The van der Waals surface area contributed by atoms with Gasteiger partial charge in [0.15, 0.2) is 0 Å². The summed E-state index contributed by atoms with van der Waals surface area (Å²) in [7, 11) is 0. The number of ether oxygens (including phenoxy) is 2. The number of para-hydroxylation sites is 3. The van der Waals surface area contributed by atoms with Gasteiger partial charge in [-0.2, -0.15) is 0 Å². The summed E-state index contributed by atoms with van der Waals surface area (Å²) in [5, 5.41) is 19.4. The molecule has 4 rings (SSSR count). The smallest absolute Gasteiger partial charge is 0.203 e. The molecule has 1 unspecified atom stereocenters. The summed E-state index contributed by atoms with van der Waals surface area (Å²) in [6.07, 6.45) is -0.706. The maximum Gasteiger partial charge on any atom is 0.203 e. The monoisotopic (exact) mass is 446 g/mol. The standard InChI is InChI=1S/C23H30N4O3.ClH/c1-18-6-2-5-9-22(18)30-17-19(28)16-27-21-8-4-3-7-20(21)26(23(27)24)11-10-25-12-14-29-15-13-25;/h2-9,19,24,28H,10-17H2,1H3;1H. The number of benzene rings is 2. The van der Waals surface area contributed by atoms with Crippen LogP contribution < -0.4 is 27.7 Å². The van der Waals surface area contributed by atoms with Crippen molar-refractivity contribution < 1.29 is 31.9 Å². The summed E-state index contributed by atoms with van der Waals surface area (Å²) in [4.78, 5) is 1.51. The van der Waals surface area contributed by atoms with Gasteiger partial charge in [0.2, 0.25) is 5.62 Å². The number of nitrogens with zero attached hydrogens (tertiary/aromatic N) is 2. The van der Waals surface area contributed by atoms with Crippen molar-refractivity contribution in [2.45, 2.75) is 26.1 Å². The molecule has 7 nitrogen and oxygen atoms in total. The van der Waals surface area contributed by atoms with Crippen LogP contribution in [0.5, 0.6) is 5.75 Å². The van der Waals surface area contributed by atoms with E-state index in [1.54, 1.807) is 0 Å². The number of rotatable bonds is 8. The molecule has 168 valence electrons. The molecule has 3 N–H and O–H groups in total. The molecule has 31 heavy (non-hydrogen) atoms. The van der Waals surface area contributed by atoms with Crippen LogP contribution in [0.3, 0.4) is 0 Å². The van der Waals surface area contributed by atoms with E-state index < -0.39 is 6.10 Å². The molecule has 0 bridgehead atoms. The Bertz CT molecular complexity index is 1040. The fraction of sp³-hybridized carbons (Fsp3) is 0.435. The predicted octanol–water partition coefficient (Wildman–Crippen LogP) is -2.41. The molecule has 1 saturated heterocycles. The summed E-state index contributed by atoms with van der Waals surface area (Å²) in [5.41, 5.74) is 3.45. The van der Waals surface area contributed by atoms with Gasteiger partial charge in [-0.25, -0.2) is 0 Å². The van der Waals surface area contributed by atoms with E-state index in [2.05, 4.69) is 6.07 Å². The lowest BCUT2D eigenvalue weighted by molar-refractivity contribution is -0.908. The Morgan fingerprint density at radius 3 is 2.42 bits per heavy atom. The van der Waals surface area contributed by atoms with E-state index in [0.29, 0.717) is 12.2 Å². The maximum absolute atomic E-state index is 10.6. The number of fused-ring (bicyclic) bond motifs is 1. The minimum Gasteiger partial charge on any atom is -1.00 e. The Labute approximate surface area is 188 Å². The number of aliphatic hydroxyl groups excluding tert-OH is 1. The maximum atomic E-state index is 10.6. The quantitative estimate of drug-likeness (QED) is 0.361. The molecular weight excluding hydrogens is 416 g/mol. The Morgan fingerprint density at radius 1 is 1.06 bits per heavy atom. The molecule has 0 saturated carbocycles. The average molecular weight is 447 g/mol. The van der Waals surface area contributed by atoms with Gasteiger partial charge in [0.05, 0.1) is 43.9 Å². The molecule has 3 aromatic rings. The first-order valence-electron chi connectivity index (χ1n) is 10.6. The highest BCUT2D eigenvalue weighted by molar-refractivity contribution is 5.75. The lowest BCUT2D eigenvalue weighted by atomic mass is 10.2. The zero-order valence-electron chi connectivity index (χ0n) is 17.9. The fourth-order valence-corrected chi connectivity index (χ4v) is 4.05. The highest BCUT2D eigenvalue weighted by atomic mass is 35.5. The minimum absolute atomic E-state index is 0. The molecular formula is C23H31ClN4O3. The van der Waals surface area contributed by atoms with E-state index in [9.17, 15) is 5.11 Å². The van der Waals surface area contributed by atoms with Crippen molar-refractivity contribution in [1.29, 1.82) is 5.41 Å². The second-order valence-corrected chi connectivity index (χ2v) is 7.92. The van der Waals surface area contributed by atoms with Gasteiger partial charge in [-0.05, 0) is 30.7 Å². The molecule has 2 aromatic carbocycles. The Hall–Kier alpha value is -2.32. The van der Waals surface area contributed by atoms with E-state index in [-0.39, 0.29) is 19.0 Å². The number of hydrogen-bond donors (Lipinski definition) is 3. The van der Waals surface area contributed by atoms with Crippen molar-refractivity contribution in [3.8, 4) is 5.75 Å². The first kappa shape index (κ1) is 23.3. The van der Waals surface area contributed by atoms with E-state index in [1.807, 2.05) is 58.5 Å². The predicted molar refractivity (Wildman–Crippen MR) is 115 cm³/mol. The van der Waals surface area contributed by atoms with Crippen LogP contribution in [-0.2, 0) is 17.8 Å². The van der Waals surface area contributed by atoms with E-state index in [4.69, 9.17) is 14.9 Å². The van der Waals surface area contributed by atoms with Crippen LogP contribution in [0.2, 0.25) is 0 Å². The van der Waals surface area contributed by atoms with E-state index >= 15 is 0 Å². The number of quaternary nitrogens is 1. The number of morpholine rings is 1. The lowest BCUT2D eigenvalue weighted by Crippen LogP contribution is -3.14. The molecule has 8 heteroatoms. The largest absolute Gasteiger partial charge is 1.00 e. The van der Waals surface area contributed by atoms with E-state index in [0.717, 1.165) is 61.7 Å². The molecule has 1 aromatic heterocycles. The van der Waals surface area contributed by atoms with Crippen molar-refractivity contribution in [3.63, 3.8) is 0 Å². The highest BCUT2D eigenvalue weighted by Gasteiger charge is 2.18. The first-order valence-corrected chi connectivity index (χ1v) is 10.6. The zero-order chi connectivity index (χ0) is 20.9. The van der Waals surface area contributed by atoms with E-state index in [1.165, 1.54) is 4.90 Å². The van der Waals surface area contributed by atoms with Gasteiger partial charge in [-0.3, -0.25) is 5.41 Å². The molecule has 1 fully saturated rings. The van der Waals surface area contributed by atoms with Gasteiger partial charge in [-0.1, -0.05) is 30.3 Å². The lowest BCUT2D eigenvalue weighted by Gasteiger charge is -2.23. The van der Waals surface area contributed by atoms with Crippen LogP contribution in [0.4, 0.5) is 0 Å². The Balaban J connectivity index is 0.00000272. The molecule has 0 amide bonds. The second-order valence-electron chi connectivity index (χ2n) is 7.92. The SMILES string of the molecule is Cc1ccccc1OCC(O)Cn1c(=N)n(CC[NH+]2CCOCC2)c2ccccc21.[Cl-]. The summed E-state index contributed by atoms with van der Waals surface area (Å²) in [5.74, 6) is 0.781. The zero-order valence-corrected chi connectivity index (χ0v) is 18.6. The van der Waals surface area contributed by atoms with Crippen LogP contribution in [0.25, 0.3) is 11.0 Å². The Morgan fingerprint density at radius 2 is 1.71 bits per heavy atom. The number of halogens is 1. The third-order valence-corrected chi connectivity index (χ3v) is 5.78. The number of aliphatic hydroxyl groups is 1. The second kappa shape index (κ2) is 10.8. The van der Waals surface area contributed by atoms with Gasteiger partial charge >= 0.3 is 0 Å². The average Bonchev–Trinajstić information content (AvgIpc) is 3.03. The number of hydrogen-bond acceptors (Lipinski definition) is 4. The van der Waals surface area contributed by atoms with Crippen molar-refractivity contribution in [3.05, 3.63) is 59.7 Å². The van der Waals surface area contributed by atoms with Crippen molar-refractivity contribution in [2.75, 3.05) is 39.5 Å².